The van der Waals surface area contributed by atoms with E-state index in [1.54, 1.807) is 24.3 Å². The molecule has 0 spiro atoms. The molecular weight excluding hydrogens is 512 g/mol. The van der Waals surface area contributed by atoms with E-state index in [0.29, 0.717) is 29.2 Å². The van der Waals surface area contributed by atoms with E-state index < -0.39 is 11.2 Å². The van der Waals surface area contributed by atoms with Gasteiger partial charge in [0.2, 0.25) is 5.91 Å². The molecule has 0 saturated carbocycles. The fourth-order valence-electron chi connectivity index (χ4n) is 4.37. The number of rotatable bonds is 10. The van der Waals surface area contributed by atoms with Gasteiger partial charge in [0.15, 0.2) is 11.5 Å². The van der Waals surface area contributed by atoms with Crippen molar-refractivity contribution in [2.24, 2.45) is 0 Å². The average molecular weight is 545 g/mol. The molecule has 1 heterocycles. The van der Waals surface area contributed by atoms with Crippen molar-refractivity contribution in [3.63, 3.8) is 0 Å². The molecule has 3 aromatic carbocycles. The molecule has 0 unspecified atom stereocenters. The lowest BCUT2D eigenvalue weighted by molar-refractivity contribution is -0.122. The Morgan fingerprint density at radius 3 is 2.12 bits per heavy atom. The van der Waals surface area contributed by atoms with Crippen LogP contribution < -0.4 is 31.4 Å². The predicted molar refractivity (Wildman–Crippen MR) is 152 cm³/mol. The number of aromatic nitrogens is 2. The summed E-state index contributed by atoms with van der Waals surface area (Å²) in [7, 11) is 2.90. The SMILES string of the molecule is COc1cc2c(=O)n(Cc3ccc(C(=O)NCc4ccccc4)cc3)c(=O)n(CC(=O)NC(C)C)c2cc1OC. The highest BCUT2D eigenvalue weighted by molar-refractivity contribution is 5.94. The first-order chi connectivity index (χ1) is 19.2. The van der Waals surface area contributed by atoms with Gasteiger partial charge in [-0.15, -0.1) is 0 Å². The number of methoxy groups -OCH3 is 2. The Bertz CT molecular complexity index is 1640. The maximum atomic E-state index is 13.6. The van der Waals surface area contributed by atoms with Gasteiger partial charge in [0.25, 0.3) is 11.5 Å². The standard InChI is InChI=1S/C30H32N4O6/c1-19(2)32-27(35)18-33-24-15-26(40-4)25(39-3)14-23(24)29(37)34(30(33)38)17-21-10-12-22(13-11-21)28(36)31-16-20-8-6-5-7-9-20/h5-15,19H,16-18H2,1-4H3,(H,31,36)(H,32,35). The molecule has 4 aromatic rings. The zero-order valence-corrected chi connectivity index (χ0v) is 22.9. The molecule has 0 fully saturated rings. The summed E-state index contributed by atoms with van der Waals surface area (Å²) in [4.78, 5) is 52.4. The van der Waals surface area contributed by atoms with Gasteiger partial charge in [-0.2, -0.15) is 0 Å². The maximum Gasteiger partial charge on any atom is 0.332 e. The summed E-state index contributed by atoms with van der Waals surface area (Å²) < 4.78 is 13.1. The molecule has 2 N–H and O–H groups in total. The number of ether oxygens (including phenoxy) is 2. The second-order valence-corrected chi connectivity index (χ2v) is 9.57. The Hall–Kier alpha value is -4.86. The van der Waals surface area contributed by atoms with Crippen molar-refractivity contribution < 1.29 is 19.1 Å². The van der Waals surface area contributed by atoms with Gasteiger partial charge in [0, 0.05) is 24.2 Å². The van der Waals surface area contributed by atoms with Gasteiger partial charge in [-0.05, 0) is 43.2 Å². The van der Waals surface area contributed by atoms with Crippen molar-refractivity contribution in [1.82, 2.24) is 19.8 Å². The molecule has 0 aliphatic rings. The van der Waals surface area contributed by atoms with Crippen LogP contribution in [0.5, 0.6) is 11.5 Å². The zero-order valence-electron chi connectivity index (χ0n) is 22.9. The monoisotopic (exact) mass is 544 g/mol. The van der Waals surface area contributed by atoms with Crippen LogP contribution in [0.2, 0.25) is 0 Å². The van der Waals surface area contributed by atoms with Crippen LogP contribution in [0, 0.1) is 0 Å². The van der Waals surface area contributed by atoms with E-state index in [9.17, 15) is 19.2 Å². The number of amides is 2. The van der Waals surface area contributed by atoms with E-state index in [2.05, 4.69) is 10.6 Å². The first-order valence-corrected chi connectivity index (χ1v) is 12.8. The Kier molecular flexibility index (Phi) is 8.68. The Labute approximate surface area is 231 Å². The van der Waals surface area contributed by atoms with Crippen LogP contribution in [0.15, 0.2) is 76.3 Å². The first kappa shape index (κ1) is 28.2. The van der Waals surface area contributed by atoms with Gasteiger partial charge in [0.1, 0.15) is 6.54 Å². The molecule has 0 atom stereocenters. The average Bonchev–Trinajstić information content (AvgIpc) is 2.96. The highest BCUT2D eigenvalue weighted by Gasteiger charge is 2.19. The molecule has 208 valence electrons. The van der Waals surface area contributed by atoms with E-state index in [4.69, 9.17) is 9.47 Å². The molecule has 10 nitrogen and oxygen atoms in total. The van der Waals surface area contributed by atoms with Crippen LogP contribution >= 0.6 is 0 Å². The molecule has 4 rings (SSSR count). The number of hydrogen-bond donors (Lipinski definition) is 2. The smallest absolute Gasteiger partial charge is 0.332 e. The van der Waals surface area contributed by atoms with E-state index in [0.717, 1.165) is 10.1 Å². The maximum absolute atomic E-state index is 13.6. The second-order valence-electron chi connectivity index (χ2n) is 9.57. The number of carbonyl (C=O) groups is 2. The van der Waals surface area contributed by atoms with Crippen molar-refractivity contribution in [1.29, 1.82) is 0 Å². The van der Waals surface area contributed by atoms with Crippen LogP contribution in [-0.2, 0) is 24.4 Å². The lowest BCUT2D eigenvalue weighted by atomic mass is 10.1. The summed E-state index contributed by atoms with van der Waals surface area (Å²) in [6.07, 6.45) is 0. The third kappa shape index (κ3) is 6.23. The molecule has 0 aliphatic carbocycles. The second kappa shape index (κ2) is 12.3. The molecule has 0 radical (unpaired) electrons. The highest BCUT2D eigenvalue weighted by Crippen LogP contribution is 2.30. The number of hydrogen-bond acceptors (Lipinski definition) is 6. The van der Waals surface area contributed by atoms with Crippen molar-refractivity contribution in [3.8, 4) is 11.5 Å². The largest absolute Gasteiger partial charge is 0.493 e. The van der Waals surface area contributed by atoms with E-state index >= 15 is 0 Å². The van der Waals surface area contributed by atoms with Crippen LogP contribution in [0.25, 0.3) is 10.9 Å². The molecule has 0 bridgehead atoms. The van der Waals surface area contributed by atoms with Crippen LogP contribution in [0.4, 0.5) is 0 Å². The molecule has 10 heteroatoms. The van der Waals surface area contributed by atoms with E-state index in [1.165, 1.54) is 30.9 Å². The van der Waals surface area contributed by atoms with Gasteiger partial charge in [-0.3, -0.25) is 23.5 Å². The van der Waals surface area contributed by atoms with Crippen molar-refractivity contribution >= 4 is 22.7 Å². The topological polar surface area (TPSA) is 121 Å². The minimum absolute atomic E-state index is 0.0559. The Morgan fingerprint density at radius 1 is 0.850 bits per heavy atom. The summed E-state index contributed by atoms with van der Waals surface area (Å²) in [6.45, 7) is 3.69. The molecule has 0 saturated heterocycles. The zero-order chi connectivity index (χ0) is 28.8. The number of nitrogens with zero attached hydrogens (tertiary/aromatic N) is 2. The summed E-state index contributed by atoms with van der Waals surface area (Å²) in [5, 5.41) is 5.85. The summed E-state index contributed by atoms with van der Waals surface area (Å²) >= 11 is 0. The molecular formula is C30H32N4O6. The quantitative estimate of drug-likeness (QED) is 0.317. The fourth-order valence-corrected chi connectivity index (χ4v) is 4.37. The minimum Gasteiger partial charge on any atom is -0.493 e. The van der Waals surface area contributed by atoms with Gasteiger partial charge < -0.3 is 20.1 Å². The summed E-state index contributed by atoms with van der Waals surface area (Å²) in [5.74, 6) is 0.0362. The lowest BCUT2D eigenvalue weighted by Gasteiger charge is -2.17. The van der Waals surface area contributed by atoms with Crippen LogP contribution in [0.3, 0.4) is 0 Å². The van der Waals surface area contributed by atoms with Crippen LogP contribution in [-0.4, -0.2) is 41.2 Å². The number of benzene rings is 3. The third-order valence-corrected chi connectivity index (χ3v) is 6.33. The normalized spacial score (nSPS) is 10.9. The highest BCUT2D eigenvalue weighted by atomic mass is 16.5. The van der Waals surface area contributed by atoms with Crippen molar-refractivity contribution in [3.05, 3.63) is 104 Å². The Morgan fingerprint density at radius 2 is 1.50 bits per heavy atom. The van der Waals surface area contributed by atoms with Gasteiger partial charge in [-0.1, -0.05) is 42.5 Å². The number of nitrogens with one attached hydrogen (secondary N) is 2. The third-order valence-electron chi connectivity index (χ3n) is 6.33. The van der Waals surface area contributed by atoms with E-state index in [1.807, 2.05) is 44.2 Å². The molecule has 40 heavy (non-hydrogen) atoms. The van der Waals surface area contributed by atoms with Gasteiger partial charge >= 0.3 is 5.69 Å². The van der Waals surface area contributed by atoms with Gasteiger partial charge in [-0.25, -0.2) is 4.79 Å². The molecule has 1 aromatic heterocycles. The fraction of sp³-hybridized carbons (Fsp3) is 0.267. The molecule has 2 amide bonds. The summed E-state index contributed by atoms with van der Waals surface area (Å²) in [5.41, 5.74) is 1.14. The van der Waals surface area contributed by atoms with E-state index in [-0.39, 0.29) is 41.8 Å². The first-order valence-electron chi connectivity index (χ1n) is 12.8. The van der Waals surface area contributed by atoms with Crippen LogP contribution in [0.1, 0.15) is 35.3 Å². The number of fused-ring (bicyclic) bond motifs is 1. The molecule has 0 aliphatic heterocycles. The van der Waals surface area contributed by atoms with Crippen molar-refractivity contribution in [2.45, 2.75) is 39.5 Å². The summed E-state index contributed by atoms with van der Waals surface area (Å²) in [6, 6.07) is 19.1. The number of carbonyl (C=O) groups excluding carboxylic acids is 2. The lowest BCUT2D eigenvalue weighted by Crippen LogP contribution is -2.43. The Balaban J connectivity index is 1.68. The van der Waals surface area contributed by atoms with Crippen molar-refractivity contribution in [2.75, 3.05) is 14.2 Å². The van der Waals surface area contributed by atoms with Gasteiger partial charge in [0.05, 0.1) is 31.7 Å². The minimum atomic E-state index is -0.645. The predicted octanol–water partition coefficient (Wildman–Crippen LogP) is 2.68.